The lowest BCUT2D eigenvalue weighted by molar-refractivity contribution is -0.116. The van der Waals surface area contributed by atoms with Crippen molar-refractivity contribution in [3.05, 3.63) is 40.7 Å². The number of methoxy groups -OCH3 is 2. The van der Waals surface area contributed by atoms with Crippen molar-refractivity contribution in [2.24, 2.45) is 0 Å². The number of ether oxygens (including phenoxy) is 2. The number of benzene rings is 1. The molecule has 2 aromatic heterocycles. The number of hydrogen-bond donors (Lipinski definition) is 1. The van der Waals surface area contributed by atoms with E-state index in [1.165, 1.54) is 7.11 Å². The lowest BCUT2D eigenvalue weighted by Gasteiger charge is -1.99. The molecule has 28 heavy (non-hydrogen) atoms. The van der Waals surface area contributed by atoms with E-state index in [2.05, 4.69) is 25.2 Å². The first-order valence-electron chi connectivity index (χ1n) is 8.32. The van der Waals surface area contributed by atoms with Crippen LogP contribution in [0, 0.1) is 6.92 Å². The summed E-state index contributed by atoms with van der Waals surface area (Å²) in [4.78, 5) is 32.5. The fourth-order valence-electron chi connectivity index (χ4n) is 2.35. The molecule has 1 N–H and O–H groups in total. The molecule has 0 saturated carbocycles. The maximum Gasteiger partial charge on any atom is 0.350 e. The molecular weight excluding hydrogens is 384 g/mol. The predicted octanol–water partition coefficient (Wildman–Crippen LogP) is 2.87. The highest BCUT2D eigenvalue weighted by atomic mass is 32.1. The van der Waals surface area contributed by atoms with Crippen LogP contribution in [0.15, 0.2) is 28.8 Å². The fraction of sp³-hybridized carbons (Fsp3) is 0.278. The van der Waals surface area contributed by atoms with Crippen molar-refractivity contribution in [3.63, 3.8) is 0 Å². The Labute approximate surface area is 164 Å². The van der Waals surface area contributed by atoms with Gasteiger partial charge >= 0.3 is 5.97 Å². The van der Waals surface area contributed by atoms with Gasteiger partial charge in [-0.15, -0.1) is 0 Å². The molecule has 3 aromatic rings. The van der Waals surface area contributed by atoms with E-state index in [4.69, 9.17) is 9.26 Å². The third-order valence-electron chi connectivity index (χ3n) is 3.80. The van der Waals surface area contributed by atoms with Crippen LogP contribution in [-0.2, 0) is 16.0 Å². The Morgan fingerprint density at radius 1 is 1.18 bits per heavy atom. The smallest absolute Gasteiger partial charge is 0.350 e. The van der Waals surface area contributed by atoms with Gasteiger partial charge in [-0.1, -0.05) is 16.5 Å². The highest BCUT2D eigenvalue weighted by molar-refractivity contribution is 7.17. The molecule has 0 bridgehead atoms. The van der Waals surface area contributed by atoms with E-state index in [1.54, 1.807) is 26.2 Å². The van der Waals surface area contributed by atoms with E-state index in [1.807, 2.05) is 12.1 Å². The molecule has 9 nitrogen and oxygen atoms in total. The lowest BCUT2D eigenvalue weighted by Crippen LogP contribution is -2.12. The van der Waals surface area contributed by atoms with Crippen molar-refractivity contribution in [3.8, 4) is 17.1 Å². The van der Waals surface area contributed by atoms with E-state index in [9.17, 15) is 9.59 Å². The molecule has 0 spiro atoms. The first-order valence-corrected chi connectivity index (χ1v) is 9.14. The summed E-state index contributed by atoms with van der Waals surface area (Å²) >= 11 is 1.07. The highest BCUT2D eigenvalue weighted by Gasteiger charge is 2.17. The van der Waals surface area contributed by atoms with E-state index in [0.29, 0.717) is 27.4 Å². The van der Waals surface area contributed by atoms with Crippen molar-refractivity contribution >= 4 is 28.3 Å². The second-order valence-electron chi connectivity index (χ2n) is 5.71. The summed E-state index contributed by atoms with van der Waals surface area (Å²) in [5.41, 5.74) is 1.29. The Morgan fingerprint density at radius 2 is 1.93 bits per heavy atom. The number of amides is 1. The summed E-state index contributed by atoms with van der Waals surface area (Å²) in [7, 11) is 2.89. The van der Waals surface area contributed by atoms with Crippen LogP contribution in [0.3, 0.4) is 0 Å². The van der Waals surface area contributed by atoms with Crippen LogP contribution in [0.5, 0.6) is 5.75 Å². The van der Waals surface area contributed by atoms with Crippen LogP contribution in [0.4, 0.5) is 5.13 Å². The van der Waals surface area contributed by atoms with Gasteiger partial charge in [-0.25, -0.2) is 9.78 Å². The Kier molecular flexibility index (Phi) is 5.99. The van der Waals surface area contributed by atoms with Gasteiger partial charge in [-0.3, -0.25) is 4.79 Å². The van der Waals surface area contributed by atoms with Crippen molar-refractivity contribution in [2.75, 3.05) is 19.5 Å². The summed E-state index contributed by atoms with van der Waals surface area (Å²) in [6, 6.07) is 7.25. The van der Waals surface area contributed by atoms with Gasteiger partial charge < -0.3 is 19.3 Å². The largest absolute Gasteiger partial charge is 0.497 e. The van der Waals surface area contributed by atoms with Crippen LogP contribution < -0.4 is 10.1 Å². The minimum Gasteiger partial charge on any atom is -0.497 e. The number of rotatable bonds is 7. The Bertz CT molecular complexity index is 980. The van der Waals surface area contributed by atoms with Gasteiger partial charge in [0.25, 0.3) is 0 Å². The molecule has 146 valence electrons. The quantitative estimate of drug-likeness (QED) is 0.600. The molecule has 1 amide bonds. The molecule has 0 aliphatic carbocycles. The van der Waals surface area contributed by atoms with Gasteiger partial charge in [0.1, 0.15) is 10.6 Å². The van der Waals surface area contributed by atoms with Gasteiger partial charge in [0.05, 0.1) is 19.9 Å². The number of thiazole rings is 1. The number of nitrogens with one attached hydrogen (secondary N) is 1. The fourth-order valence-corrected chi connectivity index (χ4v) is 3.25. The molecule has 3 rings (SSSR count). The Morgan fingerprint density at radius 3 is 2.61 bits per heavy atom. The summed E-state index contributed by atoms with van der Waals surface area (Å²) in [6.07, 6.45) is 0.416. The summed E-state index contributed by atoms with van der Waals surface area (Å²) in [5.74, 6) is 0.779. The third kappa shape index (κ3) is 4.52. The number of aryl methyl sites for hydroxylation is 2. The second kappa shape index (κ2) is 8.61. The van der Waals surface area contributed by atoms with Gasteiger partial charge in [0.2, 0.25) is 17.6 Å². The first kappa shape index (κ1) is 19.5. The van der Waals surface area contributed by atoms with Crippen LogP contribution >= 0.6 is 11.3 Å². The van der Waals surface area contributed by atoms with Gasteiger partial charge in [0.15, 0.2) is 5.13 Å². The highest BCUT2D eigenvalue weighted by Crippen LogP contribution is 2.24. The van der Waals surface area contributed by atoms with Gasteiger partial charge in [-0.2, -0.15) is 4.98 Å². The van der Waals surface area contributed by atoms with Crippen LogP contribution in [0.1, 0.15) is 27.7 Å². The summed E-state index contributed by atoms with van der Waals surface area (Å²) < 4.78 is 15.0. The minimum atomic E-state index is -0.479. The molecule has 0 aliphatic heterocycles. The number of carbonyl (C=O) groups is 2. The van der Waals surface area contributed by atoms with E-state index in [0.717, 1.165) is 22.6 Å². The number of esters is 1. The van der Waals surface area contributed by atoms with Crippen molar-refractivity contribution in [2.45, 2.75) is 19.8 Å². The summed E-state index contributed by atoms with van der Waals surface area (Å²) in [5, 5.41) is 6.93. The zero-order valence-electron chi connectivity index (χ0n) is 15.5. The van der Waals surface area contributed by atoms with E-state index < -0.39 is 5.97 Å². The first-order chi connectivity index (χ1) is 13.5. The van der Waals surface area contributed by atoms with Gasteiger partial charge in [0, 0.05) is 18.4 Å². The number of hydrogen-bond acceptors (Lipinski definition) is 9. The molecule has 10 heteroatoms. The lowest BCUT2D eigenvalue weighted by atomic mass is 10.2. The molecule has 2 heterocycles. The normalized spacial score (nSPS) is 10.5. The molecule has 0 unspecified atom stereocenters. The van der Waals surface area contributed by atoms with E-state index in [-0.39, 0.29) is 18.7 Å². The average Bonchev–Trinajstić information content (AvgIpc) is 3.32. The Balaban J connectivity index is 1.56. The van der Waals surface area contributed by atoms with Crippen molar-refractivity contribution in [1.82, 2.24) is 15.1 Å². The van der Waals surface area contributed by atoms with Crippen LogP contribution in [0.25, 0.3) is 11.4 Å². The van der Waals surface area contributed by atoms with Crippen LogP contribution in [0.2, 0.25) is 0 Å². The van der Waals surface area contributed by atoms with Crippen molar-refractivity contribution < 1.29 is 23.6 Å². The topological polar surface area (TPSA) is 116 Å². The molecular formula is C18H18N4O5S. The maximum atomic E-state index is 12.1. The molecule has 0 aliphatic rings. The average molecular weight is 402 g/mol. The molecule has 0 fully saturated rings. The zero-order valence-corrected chi connectivity index (χ0v) is 16.3. The number of aromatic nitrogens is 3. The third-order valence-corrected chi connectivity index (χ3v) is 4.85. The van der Waals surface area contributed by atoms with E-state index >= 15 is 0 Å². The Hall–Kier alpha value is -3.27. The summed E-state index contributed by atoms with van der Waals surface area (Å²) in [6.45, 7) is 1.68. The minimum absolute atomic E-state index is 0.135. The number of anilines is 1. The second-order valence-corrected chi connectivity index (χ2v) is 6.71. The number of carbonyl (C=O) groups excluding carboxylic acids is 2. The molecule has 0 atom stereocenters. The molecule has 1 aromatic carbocycles. The molecule has 0 radical (unpaired) electrons. The van der Waals surface area contributed by atoms with Gasteiger partial charge in [-0.05, 0) is 31.2 Å². The van der Waals surface area contributed by atoms with Crippen molar-refractivity contribution in [1.29, 1.82) is 0 Å². The molecule has 0 saturated heterocycles. The predicted molar refractivity (Wildman–Crippen MR) is 101 cm³/mol. The maximum absolute atomic E-state index is 12.1. The SMILES string of the molecule is COC(=O)c1sc(NC(=O)CCc2nc(-c3ccc(OC)cc3)no2)nc1C. The zero-order chi connectivity index (χ0) is 20.1. The standard InChI is InChI=1S/C18H18N4O5S/c1-10-15(17(24)26-3)28-18(19-10)20-13(23)8-9-14-21-16(22-27-14)11-4-6-12(25-2)7-5-11/h4-7H,8-9H2,1-3H3,(H,19,20,23). The monoisotopic (exact) mass is 402 g/mol. The number of nitrogens with zero attached hydrogens (tertiary/aromatic N) is 3. The van der Waals surface area contributed by atoms with Crippen LogP contribution in [-0.4, -0.2) is 41.2 Å².